The highest BCUT2D eigenvalue weighted by atomic mass is 16.6. The Kier molecular flexibility index (Phi) is 6.29. The third kappa shape index (κ3) is 3.93. The highest BCUT2D eigenvalue weighted by molar-refractivity contribution is 5.15. The van der Waals surface area contributed by atoms with E-state index < -0.39 is 23.4 Å². The van der Waals surface area contributed by atoms with Crippen LogP contribution in [0.4, 0.5) is 0 Å². The lowest BCUT2D eigenvalue weighted by Gasteiger charge is -2.40. The van der Waals surface area contributed by atoms with Gasteiger partial charge in [-0.3, -0.25) is 0 Å². The first kappa shape index (κ1) is 19.6. The molecular formula is C20H34O4. The lowest BCUT2D eigenvalue weighted by molar-refractivity contribution is -0.192. The Bertz CT molecular complexity index is 496. The van der Waals surface area contributed by atoms with Crippen molar-refractivity contribution in [3.63, 3.8) is 0 Å². The maximum absolute atomic E-state index is 10.9. The van der Waals surface area contributed by atoms with Gasteiger partial charge in [-0.25, -0.2) is 0 Å². The lowest BCUT2D eigenvalue weighted by Crippen LogP contribution is -2.50. The third-order valence-corrected chi connectivity index (χ3v) is 5.97. The van der Waals surface area contributed by atoms with E-state index >= 15 is 0 Å². The number of aliphatic hydroxyl groups is 3. The Morgan fingerprint density at radius 1 is 1.25 bits per heavy atom. The molecule has 0 aliphatic carbocycles. The van der Waals surface area contributed by atoms with Crippen molar-refractivity contribution < 1.29 is 20.1 Å². The predicted molar refractivity (Wildman–Crippen MR) is 95.7 cm³/mol. The first-order chi connectivity index (χ1) is 11.2. The van der Waals surface area contributed by atoms with Gasteiger partial charge in [-0.05, 0) is 63.9 Å². The molecule has 2 bridgehead atoms. The monoisotopic (exact) mass is 338 g/mol. The second kappa shape index (κ2) is 7.69. The van der Waals surface area contributed by atoms with Gasteiger partial charge in [-0.1, -0.05) is 31.6 Å². The van der Waals surface area contributed by atoms with Gasteiger partial charge < -0.3 is 20.1 Å². The average molecular weight is 338 g/mol. The lowest BCUT2D eigenvalue weighted by atomic mass is 9.80. The molecule has 0 aromatic carbocycles. The summed E-state index contributed by atoms with van der Waals surface area (Å²) >= 11 is 0. The molecule has 24 heavy (non-hydrogen) atoms. The molecule has 0 aromatic rings. The molecule has 4 nitrogen and oxygen atoms in total. The van der Waals surface area contributed by atoms with E-state index in [0.717, 1.165) is 36.8 Å². The van der Waals surface area contributed by atoms with Crippen LogP contribution in [0.25, 0.3) is 0 Å². The molecule has 2 aliphatic heterocycles. The van der Waals surface area contributed by atoms with E-state index in [4.69, 9.17) is 4.74 Å². The molecule has 4 heteroatoms. The average Bonchev–Trinajstić information content (AvgIpc) is 2.90. The number of fused-ring (bicyclic) bond motifs is 2. The number of aliphatic hydroxyl groups excluding tert-OH is 3. The molecule has 0 saturated carbocycles. The zero-order chi connectivity index (χ0) is 18.0. The smallest absolute Gasteiger partial charge is 0.102 e. The molecule has 0 amide bonds. The van der Waals surface area contributed by atoms with Gasteiger partial charge in [0.25, 0.3) is 0 Å². The van der Waals surface area contributed by atoms with Gasteiger partial charge in [-0.2, -0.15) is 0 Å². The molecule has 0 aromatic heterocycles. The number of ether oxygens (including phenoxy) is 1. The summed E-state index contributed by atoms with van der Waals surface area (Å²) in [5.41, 5.74) is 0.811. The second-order valence-electron chi connectivity index (χ2n) is 8.10. The van der Waals surface area contributed by atoms with Crippen LogP contribution in [-0.2, 0) is 4.74 Å². The first-order valence-electron chi connectivity index (χ1n) is 9.26. The summed E-state index contributed by atoms with van der Waals surface area (Å²) in [4.78, 5) is 0. The van der Waals surface area contributed by atoms with E-state index in [1.54, 1.807) is 0 Å². The molecule has 2 aliphatic rings. The van der Waals surface area contributed by atoms with Gasteiger partial charge >= 0.3 is 0 Å². The zero-order valence-electron chi connectivity index (χ0n) is 15.6. The van der Waals surface area contributed by atoms with E-state index in [0.29, 0.717) is 12.8 Å². The maximum Gasteiger partial charge on any atom is 0.102 e. The van der Waals surface area contributed by atoms with Crippen LogP contribution in [0.15, 0.2) is 23.3 Å². The van der Waals surface area contributed by atoms with Crippen LogP contribution in [-0.4, -0.2) is 45.3 Å². The normalized spacial score (nSPS) is 43.2. The number of allylic oxidation sites excluding steroid dienone is 2. The van der Waals surface area contributed by atoms with Crippen molar-refractivity contribution in [2.45, 2.75) is 89.6 Å². The van der Waals surface area contributed by atoms with Crippen LogP contribution in [0.2, 0.25) is 0 Å². The van der Waals surface area contributed by atoms with Crippen LogP contribution in [0.1, 0.15) is 66.2 Å². The topological polar surface area (TPSA) is 69.9 Å². The summed E-state index contributed by atoms with van der Waals surface area (Å²) in [7, 11) is 0. The molecule has 2 rings (SSSR count). The molecule has 138 valence electrons. The molecule has 2 heterocycles. The summed E-state index contributed by atoms with van der Waals surface area (Å²) in [5.74, 6) is 0.154. The Balaban J connectivity index is 2.35. The van der Waals surface area contributed by atoms with E-state index in [1.165, 1.54) is 0 Å². The minimum Gasteiger partial charge on any atom is -0.392 e. The number of hydrogen-bond acceptors (Lipinski definition) is 4. The zero-order valence-corrected chi connectivity index (χ0v) is 15.6. The number of rotatable bonds is 2. The molecule has 0 spiro atoms. The van der Waals surface area contributed by atoms with Crippen molar-refractivity contribution in [2.75, 3.05) is 6.61 Å². The summed E-state index contributed by atoms with van der Waals surface area (Å²) in [6.07, 6.45) is 7.12. The van der Waals surface area contributed by atoms with Crippen molar-refractivity contribution in [2.24, 2.45) is 5.92 Å². The summed E-state index contributed by atoms with van der Waals surface area (Å²) < 4.78 is 6.43. The third-order valence-electron chi connectivity index (χ3n) is 5.97. The van der Waals surface area contributed by atoms with Crippen molar-refractivity contribution in [3.8, 4) is 0 Å². The maximum atomic E-state index is 10.9. The van der Waals surface area contributed by atoms with Crippen molar-refractivity contribution >= 4 is 0 Å². The van der Waals surface area contributed by atoms with Gasteiger partial charge in [0.2, 0.25) is 0 Å². The Hall–Kier alpha value is -0.680. The van der Waals surface area contributed by atoms with Gasteiger partial charge in [0, 0.05) is 0 Å². The van der Waals surface area contributed by atoms with Crippen molar-refractivity contribution in [1.29, 1.82) is 0 Å². The summed E-state index contributed by atoms with van der Waals surface area (Å²) in [5, 5.41) is 31.1. The molecule has 1 saturated heterocycles. The highest BCUT2D eigenvalue weighted by Gasteiger charge is 2.54. The summed E-state index contributed by atoms with van der Waals surface area (Å²) in [6, 6.07) is 0. The molecule has 0 radical (unpaired) electrons. The predicted octanol–water partition coefficient (Wildman–Crippen LogP) is 3.11. The van der Waals surface area contributed by atoms with Gasteiger partial charge in [0.1, 0.15) is 11.7 Å². The van der Waals surface area contributed by atoms with E-state index in [-0.39, 0.29) is 12.5 Å². The van der Waals surface area contributed by atoms with Crippen LogP contribution in [0, 0.1) is 5.92 Å². The standard InChI is InChI=1S/C20H34O4/c1-14(2)20-11-10-19(4,24-20)17(22)9-8-16(13-21)7-5-6-15(3)12-18(20)23/h7,12,14,17-18,21-23H,5-6,8-11,13H2,1-4H3/b15-12+,16-7-/t17-,18-,19-,20-/m0/s1. The SMILES string of the molecule is C/C1=C\[C@H](O)[C@@]2(C(C)C)CC[C@](C)(O2)[C@@H](O)CC/C(CO)=C/CC1. The van der Waals surface area contributed by atoms with Crippen molar-refractivity contribution in [1.82, 2.24) is 0 Å². The minimum atomic E-state index is -0.673. The molecule has 4 atom stereocenters. The molecule has 0 unspecified atom stereocenters. The van der Waals surface area contributed by atoms with E-state index in [1.807, 2.05) is 19.9 Å². The van der Waals surface area contributed by atoms with Gasteiger partial charge in [-0.15, -0.1) is 0 Å². The van der Waals surface area contributed by atoms with Crippen molar-refractivity contribution in [3.05, 3.63) is 23.3 Å². The van der Waals surface area contributed by atoms with E-state index in [2.05, 4.69) is 19.9 Å². The largest absolute Gasteiger partial charge is 0.392 e. The quantitative estimate of drug-likeness (QED) is 0.677. The van der Waals surface area contributed by atoms with E-state index in [9.17, 15) is 15.3 Å². The second-order valence-corrected chi connectivity index (χ2v) is 8.10. The Labute approximate surface area is 146 Å². The Morgan fingerprint density at radius 2 is 1.96 bits per heavy atom. The fourth-order valence-corrected chi connectivity index (χ4v) is 4.04. The van der Waals surface area contributed by atoms with Crippen LogP contribution in [0.3, 0.4) is 0 Å². The van der Waals surface area contributed by atoms with Crippen LogP contribution >= 0.6 is 0 Å². The molecule has 3 N–H and O–H groups in total. The number of hydrogen-bond donors (Lipinski definition) is 3. The minimum absolute atomic E-state index is 0.0333. The van der Waals surface area contributed by atoms with Crippen LogP contribution in [0.5, 0.6) is 0 Å². The summed E-state index contributed by atoms with van der Waals surface area (Å²) in [6.45, 7) is 8.17. The van der Waals surface area contributed by atoms with Gasteiger partial charge in [0.15, 0.2) is 0 Å². The van der Waals surface area contributed by atoms with Crippen LogP contribution < -0.4 is 0 Å². The highest BCUT2D eigenvalue weighted by Crippen LogP contribution is 2.47. The fraction of sp³-hybridized carbons (Fsp3) is 0.800. The molecular weight excluding hydrogens is 304 g/mol. The Morgan fingerprint density at radius 3 is 2.58 bits per heavy atom. The fourth-order valence-electron chi connectivity index (χ4n) is 4.04. The molecule has 1 fully saturated rings. The van der Waals surface area contributed by atoms with Gasteiger partial charge in [0.05, 0.1) is 18.3 Å². The first-order valence-corrected chi connectivity index (χ1v) is 9.26.